The number of nitrogens with zero attached hydrogens (tertiary/aromatic N) is 4. The van der Waals surface area contributed by atoms with Gasteiger partial charge < -0.3 is 14.6 Å². The van der Waals surface area contributed by atoms with Gasteiger partial charge in [-0.25, -0.2) is 9.07 Å². The number of tetrazole rings is 1. The molecule has 1 heterocycles. The third-order valence-corrected chi connectivity index (χ3v) is 4.75. The van der Waals surface area contributed by atoms with E-state index in [1.807, 2.05) is 24.3 Å². The molecule has 0 bridgehead atoms. The van der Waals surface area contributed by atoms with E-state index in [1.165, 1.54) is 36.0 Å². The van der Waals surface area contributed by atoms with Gasteiger partial charge in [0.25, 0.3) is 0 Å². The lowest BCUT2D eigenvalue weighted by molar-refractivity contribution is 0.126. The highest BCUT2D eigenvalue weighted by molar-refractivity contribution is 7.99. The van der Waals surface area contributed by atoms with Crippen molar-refractivity contribution >= 4 is 11.8 Å². The highest BCUT2D eigenvalue weighted by Crippen LogP contribution is 2.18. The highest BCUT2D eigenvalue weighted by atomic mass is 32.2. The van der Waals surface area contributed by atoms with Crippen molar-refractivity contribution < 1.29 is 19.0 Å². The van der Waals surface area contributed by atoms with Crippen molar-refractivity contribution in [3.63, 3.8) is 0 Å². The molecule has 0 aliphatic heterocycles. The van der Waals surface area contributed by atoms with E-state index in [0.29, 0.717) is 23.2 Å². The molecule has 0 radical (unpaired) electrons. The third kappa shape index (κ3) is 5.66. The van der Waals surface area contributed by atoms with Crippen LogP contribution in [0.4, 0.5) is 4.39 Å². The first kappa shape index (κ1) is 19.1. The van der Waals surface area contributed by atoms with Crippen LogP contribution in [0.25, 0.3) is 0 Å². The van der Waals surface area contributed by atoms with Crippen LogP contribution in [0.5, 0.6) is 11.5 Å². The van der Waals surface area contributed by atoms with Crippen molar-refractivity contribution in [1.29, 1.82) is 0 Å². The number of methoxy groups -OCH3 is 1. The molecule has 1 aromatic heterocycles. The Labute approximate surface area is 160 Å². The number of ether oxygens (including phenoxy) is 2. The van der Waals surface area contributed by atoms with Gasteiger partial charge in [0.15, 0.2) is 0 Å². The zero-order chi connectivity index (χ0) is 19.1. The molecule has 142 valence electrons. The molecular formula is C18H19FN4O3S. The van der Waals surface area contributed by atoms with E-state index >= 15 is 0 Å². The van der Waals surface area contributed by atoms with Crippen LogP contribution in [-0.2, 0) is 6.54 Å². The first-order chi connectivity index (χ1) is 13.1. The van der Waals surface area contributed by atoms with Gasteiger partial charge in [0.1, 0.15) is 23.9 Å². The summed E-state index contributed by atoms with van der Waals surface area (Å²) < 4.78 is 25.1. The molecule has 0 saturated carbocycles. The monoisotopic (exact) mass is 390 g/mol. The van der Waals surface area contributed by atoms with Gasteiger partial charge in [0.05, 0.1) is 19.8 Å². The van der Waals surface area contributed by atoms with Crippen molar-refractivity contribution in [2.75, 3.05) is 19.5 Å². The molecule has 1 atom stereocenters. The van der Waals surface area contributed by atoms with Crippen LogP contribution in [0, 0.1) is 5.82 Å². The van der Waals surface area contributed by atoms with Gasteiger partial charge in [-0.15, -0.1) is 5.10 Å². The number of halogens is 1. The fraction of sp³-hybridized carbons (Fsp3) is 0.278. The summed E-state index contributed by atoms with van der Waals surface area (Å²) in [7, 11) is 1.62. The normalized spacial score (nSPS) is 12.0. The van der Waals surface area contributed by atoms with E-state index in [-0.39, 0.29) is 12.4 Å². The maximum absolute atomic E-state index is 12.9. The summed E-state index contributed by atoms with van der Waals surface area (Å²) in [6, 6.07) is 13.3. The number of thioether (sulfide) groups is 1. The summed E-state index contributed by atoms with van der Waals surface area (Å²) in [6.07, 6.45) is -0.716. The SMILES string of the molecule is COc1ccc(Cn2nnnc2SC[C@@H](O)COc2ccc(F)cc2)cc1. The second kappa shape index (κ2) is 9.33. The predicted molar refractivity (Wildman–Crippen MR) is 98.5 cm³/mol. The Morgan fingerprint density at radius 1 is 1.11 bits per heavy atom. The van der Waals surface area contributed by atoms with Crippen LogP contribution in [0.3, 0.4) is 0 Å². The zero-order valence-corrected chi connectivity index (χ0v) is 15.5. The Bertz CT molecular complexity index is 843. The number of benzene rings is 2. The van der Waals surface area contributed by atoms with Gasteiger partial charge in [-0.1, -0.05) is 23.9 Å². The average Bonchev–Trinajstić information content (AvgIpc) is 3.13. The molecule has 0 saturated heterocycles. The Morgan fingerprint density at radius 3 is 2.52 bits per heavy atom. The van der Waals surface area contributed by atoms with Crippen LogP contribution in [0.15, 0.2) is 53.7 Å². The molecule has 3 rings (SSSR count). The van der Waals surface area contributed by atoms with Gasteiger partial charge in [0.2, 0.25) is 5.16 Å². The van der Waals surface area contributed by atoms with E-state index in [0.717, 1.165) is 11.3 Å². The molecule has 0 spiro atoms. The van der Waals surface area contributed by atoms with Gasteiger partial charge in [-0.2, -0.15) is 0 Å². The smallest absolute Gasteiger partial charge is 0.209 e. The molecule has 0 amide bonds. The third-order valence-electron chi connectivity index (χ3n) is 3.65. The molecule has 9 heteroatoms. The predicted octanol–water partition coefficient (Wildman–Crippen LogP) is 2.40. The maximum atomic E-state index is 12.9. The van der Waals surface area contributed by atoms with E-state index in [2.05, 4.69) is 15.5 Å². The van der Waals surface area contributed by atoms with Crippen LogP contribution >= 0.6 is 11.8 Å². The Morgan fingerprint density at radius 2 is 1.81 bits per heavy atom. The molecule has 1 N–H and O–H groups in total. The lowest BCUT2D eigenvalue weighted by atomic mass is 10.2. The number of aromatic nitrogens is 4. The Kier molecular flexibility index (Phi) is 6.61. The lowest BCUT2D eigenvalue weighted by Gasteiger charge is -2.12. The molecular weight excluding hydrogens is 371 g/mol. The van der Waals surface area contributed by atoms with Crippen LogP contribution in [0.2, 0.25) is 0 Å². The maximum Gasteiger partial charge on any atom is 0.209 e. The van der Waals surface area contributed by atoms with Gasteiger partial charge in [0, 0.05) is 5.75 Å². The first-order valence-corrected chi connectivity index (χ1v) is 9.21. The van der Waals surface area contributed by atoms with E-state index < -0.39 is 6.10 Å². The lowest BCUT2D eigenvalue weighted by Crippen LogP contribution is -2.20. The van der Waals surface area contributed by atoms with Gasteiger partial charge in [-0.05, 0) is 52.4 Å². The Hall–Kier alpha value is -2.65. The summed E-state index contributed by atoms with van der Waals surface area (Å²) in [4.78, 5) is 0. The zero-order valence-electron chi connectivity index (χ0n) is 14.7. The van der Waals surface area contributed by atoms with Crippen LogP contribution < -0.4 is 9.47 Å². The Balaban J connectivity index is 1.49. The minimum Gasteiger partial charge on any atom is -0.497 e. The number of aliphatic hydroxyl groups excluding tert-OH is 1. The average molecular weight is 390 g/mol. The second-order valence-electron chi connectivity index (χ2n) is 5.70. The molecule has 0 aliphatic rings. The molecule has 0 aliphatic carbocycles. The van der Waals surface area contributed by atoms with Crippen LogP contribution in [0.1, 0.15) is 5.56 Å². The fourth-order valence-corrected chi connectivity index (χ4v) is 3.03. The van der Waals surface area contributed by atoms with Crippen molar-refractivity contribution in [1.82, 2.24) is 20.2 Å². The number of hydrogen-bond donors (Lipinski definition) is 1. The first-order valence-electron chi connectivity index (χ1n) is 8.22. The standard InChI is InChI=1S/C18H19FN4O3S/c1-25-16-6-2-13(3-7-16)10-23-18(20-21-22-23)27-12-15(24)11-26-17-8-4-14(19)5-9-17/h2-9,15,24H,10-12H2,1H3/t15-/m0/s1. The molecule has 0 unspecified atom stereocenters. The van der Waals surface area contributed by atoms with Crippen molar-refractivity contribution in [2.24, 2.45) is 0 Å². The summed E-state index contributed by atoms with van der Waals surface area (Å²) in [5.41, 5.74) is 1.03. The van der Waals surface area contributed by atoms with E-state index in [4.69, 9.17) is 9.47 Å². The van der Waals surface area contributed by atoms with Crippen molar-refractivity contribution in [3.05, 3.63) is 59.9 Å². The molecule has 7 nitrogen and oxygen atoms in total. The minimum absolute atomic E-state index is 0.0959. The topological polar surface area (TPSA) is 82.3 Å². The van der Waals surface area contributed by atoms with E-state index in [9.17, 15) is 9.50 Å². The van der Waals surface area contributed by atoms with Crippen LogP contribution in [-0.4, -0.2) is 50.9 Å². The second-order valence-corrected chi connectivity index (χ2v) is 6.68. The van der Waals surface area contributed by atoms with Crippen molar-refractivity contribution in [2.45, 2.75) is 17.8 Å². The largest absolute Gasteiger partial charge is 0.497 e. The number of hydrogen-bond acceptors (Lipinski definition) is 7. The minimum atomic E-state index is -0.716. The number of rotatable bonds is 9. The molecule has 2 aromatic carbocycles. The summed E-state index contributed by atoms with van der Waals surface area (Å²) in [6.45, 7) is 0.611. The number of aliphatic hydroxyl groups is 1. The fourth-order valence-electron chi connectivity index (χ4n) is 2.25. The summed E-state index contributed by atoms with van der Waals surface area (Å²) in [5.74, 6) is 1.32. The molecule has 0 fully saturated rings. The quantitative estimate of drug-likeness (QED) is 0.562. The van der Waals surface area contributed by atoms with Crippen molar-refractivity contribution in [3.8, 4) is 11.5 Å². The highest BCUT2D eigenvalue weighted by Gasteiger charge is 2.12. The molecule has 3 aromatic rings. The summed E-state index contributed by atoms with van der Waals surface area (Å²) >= 11 is 1.34. The molecule has 27 heavy (non-hydrogen) atoms. The summed E-state index contributed by atoms with van der Waals surface area (Å²) in [5, 5.41) is 22.4. The van der Waals surface area contributed by atoms with Gasteiger partial charge >= 0.3 is 0 Å². The van der Waals surface area contributed by atoms with Gasteiger partial charge in [-0.3, -0.25) is 0 Å². The van der Waals surface area contributed by atoms with E-state index in [1.54, 1.807) is 11.8 Å².